The largest absolute Gasteiger partial charge is 0.673 e. The molecule has 3 aromatic carbocycles. The number of phosphoric acid groups is 3. The Labute approximate surface area is 740 Å². The van der Waals surface area contributed by atoms with Crippen LogP contribution in [0.15, 0.2) is 161 Å². The highest BCUT2D eigenvalue weighted by Gasteiger charge is 2.52. The smallest absolute Gasteiger partial charge is 0.497 e. The minimum atomic E-state index is -6.00. The summed E-state index contributed by atoms with van der Waals surface area (Å²) in [6.45, 7) is 0.290. The summed E-state index contributed by atoms with van der Waals surface area (Å²) in [5.41, 5.74) is -6.54. The van der Waals surface area contributed by atoms with Crippen LogP contribution in [0.5, 0.6) is 11.5 Å². The zero-order valence-corrected chi connectivity index (χ0v) is 73.8. The fourth-order valence-corrected chi connectivity index (χ4v) is 18.4. The molecular weight excluding hydrogens is 1810 g/mol. The van der Waals surface area contributed by atoms with E-state index in [1.165, 1.54) is 54.3 Å². The number of ether oxygens (including phenoxy) is 9. The second-order valence-electron chi connectivity index (χ2n) is 29.8. The number of aromatic amines is 4. The monoisotopic (exact) mass is 1900 g/mol. The molecule has 0 saturated carbocycles. The molecule has 0 bridgehead atoms. The zero-order valence-electron chi connectivity index (χ0n) is 71.1. The third kappa shape index (κ3) is 26.5. The van der Waals surface area contributed by atoms with Gasteiger partial charge in [0.1, 0.15) is 123 Å². The number of nitrogens with one attached hydrogen (secondary N) is 4. The summed E-state index contributed by atoms with van der Waals surface area (Å²) in [5, 5.41) is 29.4. The fourth-order valence-electron chi connectivity index (χ4n) is 14.2. The number of hydrogen-bond donors (Lipinski definition) is 4. The van der Waals surface area contributed by atoms with Gasteiger partial charge in [-0.15, -0.1) is 0 Å². The predicted octanol–water partition coefficient (Wildman–Crippen LogP) is 6.39. The van der Waals surface area contributed by atoms with Crippen LogP contribution in [0, 0.1) is 61.7 Å². The number of aryl methyl sites for hydroxylation is 5. The highest BCUT2D eigenvalue weighted by molar-refractivity contribution is 7.49. The minimum Gasteiger partial charge on any atom is -0.497 e. The fraction of sp³-hybridized carbons (Fsp3) is 0.468. The van der Waals surface area contributed by atoms with Crippen molar-refractivity contribution < 1.29 is 128 Å². The van der Waals surface area contributed by atoms with Crippen molar-refractivity contribution in [3.63, 3.8) is 0 Å². The first-order chi connectivity index (χ1) is 62.3. The van der Waals surface area contributed by atoms with Gasteiger partial charge in [0.2, 0.25) is 6.33 Å². The number of hydrogen-bond acceptors (Lipinski definition) is 34. The number of esters is 2. The Morgan fingerprint density at radius 3 is 1.14 bits per heavy atom. The standard InChI is InChI=1S/C79H90N13O31P3.BF4/c1-48-39-89(75(99)83-71(48)95)65-34-57(120-70(94)38-69(93)108-33-29-88-28-27-87(5)47-88)62(117-65)44-113-124(103,110-30-11-24-80)122-59-36-67(91-41-50(3)73(97)85-77(91)101)119-64(59)46-115-126(105,112-32-13-26-82)123-60-37-68(92-42-51(4)74(98)86-78(92)102)118-63(60)45-114-125(104,111-31-12-25-81)121-58-35-66(90-40-49(2)72(96)84-76(90)100)116-61(58)43-109-79(52-14-9-8-10-15-52,53-16-20-55(106-6)21-17-53)54-18-22-56(107-7)23-19-54;2-1(3,4)5/h8-10,14-23,27-28,39-42,47,57-68H,11-13,29-38,43-46H2,1-7H3,(H3-,83,84,85,86,95,96,97,98,99,100,101,102);/q;-1/p+1/t57-,58-,59-,60-,61+,62+,63+,64+,65+,66+,67+,68+,124?,125?,126?;/m0./s1. The highest BCUT2D eigenvalue weighted by atomic mass is 31.2. The van der Waals surface area contributed by atoms with Gasteiger partial charge >= 0.3 is 65.4 Å². The molecule has 9 heterocycles. The van der Waals surface area contributed by atoms with E-state index in [1.807, 2.05) is 36.4 Å². The van der Waals surface area contributed by atoms with Crippen molar-refractivity contribution in [2.24, 2.45) is 7.05 Å². The molecule has 0 radical (unpaired) electrons. The Bertz CT molecular complexity index is 6100. The lowest BCUT2D eigenvalue weighted by Gasteiger charge is -2.37. The van der Waals surface area contributed by atoms with Crippen molar-refractivity contribution in [2.75, 3.05) is 67.1 Å². The predicted molar refractivity (Wildman–Crippen MR) is 442 cm³/mol. The lowest BCUT2D eigenvalue weighted by molar-refractivity contribution is -0.671. The highest BCUT2D eigenvalue weighted by Crippen LogP contribution is 2.59. The van der Waals surface area contributed by atoms with Gasteiger partial charge in [-0.05, 0) is 68.7 Å². The van der Waals surface area contributed by atoms with Crippen LogP contribution >= 0.6 is 23.5 Å². The summed E-state index contributed by atoms with van der Waals surface area (Å²) in [5.74, 6) is -1.09. The number of aromatic nitrogens is 10. The van der Waals surface area contributed by atoms with Crippen LogP contribution in [0.3, 0.4) is 0 Å². The number of methoxy groups -OCH3 is 2. The number of imidazole rings is 1. The molecule has 4 aliphatic heterocycles. The quantitative estimate of drug-likeness (QED) is 0.00470. The SMILES string of the molecule is COc1ccc(C(OC[C@H]2O[C@@H](n3cc(C)c(=O)[nH]c3=O)C[C@@H]2OP(=O)(OCCC#N)OC[C@H]2O[C@@H](n3cc(C)c(=O)[nH]c3=O)C[C@@H]2OP(=O)(OCCC#N)OC[C@H]2O[C@@H](n3cc(C)c(=O)[nH]c3=O)C[C@@H]2OP(=O)(OCCC#N)OC[C@H]2O[C@@H](n3cc(C)c(=O)[nH]c3=O)C[C@@H]2OC(=O)CC(=O)OCCn2cc[n+](C)c2)(c2ccccc2)c2ccc(OC)cc2)cc1.F[B-](F)(F)F. The Balaban J connectivity index is 0.00000322. The number of carbonyl (C=O) groups is 2. The Morgan fingerprint density at radius 1 is 0.481 bits per heavy atom. The molecular formula is C79H91BF4N13O31P3. The van der Waals surface area contributed by atoms with E-state index >= 15 is 13.7 Å². The van der Waals surface area contributed by atoms with Crippen LogP contribution in [0.25, 0.3) is 0 Å². The van der Waals surface area contributed by atoms with E-state index in [-0.39, 0.29) is 48.2 Å². The molecule has 44 nitrogen and oxygen atoms in total. The van der Waals surface area contributed by atoms with Crippen molar-refractivity contribution in [3.8, 4) is 29.7 Å². The zero-order chi connectivity index (χ0) is 94.7. The summed E-state index contributed by atoms with van der Waals surface area (Å²) in [6, 6.07) is 28.8. The van der Waals surface area contributed by atoms with E-state index in [0.29, 0.717) is 28.2 Å². The maximum atomic E-state index is 15.9. The summed E-state index contributed by atoms with van der Waals surface area (Å²) >= 11 is 0. The number of rotatable bonds is 42. The van der Waals surface area contributed by atoms with Crippen LogP contribution in [-0.4, -0.2) is 178 Å². The number of nitrogens with zero attached hydrogens (tertiary/aromatic N) is 9. The maximum Gasteiger partial charge on any atom is 0.673 e. The maximum absolute atomic E-state index is 15.9. The van der Waals surface area contributed by atoms with Crippen molar-refractivity contribution in [1.29, 1.82) is 15.8 Å². The van der Waals surface area contributed by atoms with Crippen LogP contribution in [-0.2, 0) is 116 Å². The molecule has 0 spiro atoms. The average molecular weight is 1900 g/mol. The third-order valence-corrected chi connectivity index (χ3v) is 25.0. The van der Waals surface area contributed by atoms with Gasteiger partial charge in [-0.1, -0.05) is 54.6 Å². The number of phosphoric ester groups is 3. The molecule has 4 N–H and O–H groups in total. The van der Waals surface area contributed by atoms with E-state index in [4.69, 9.17) is 83.3 Å². The minimum absolute atomic E-state index is 0.0000126. The first-order valence-corrected chi connectivity index (χ1v) is 44.7. The first kappa shape index (κ1) is 100. The van der Waals surface area contributed by atoms with Gasteiger partial charge in [0.25, 0.3) is 22.2 Å². The van der Waals surface area contributed by atoms with E-state index in [0.717, 1.165) is 30.7 Å². The van der Waals surface area contributed by atoms with Gasteiger partial charge in [-0.3, -0.25) is 108 Å². The summed E-state index contributed by atoms with van der Waals surface area (Å²) in [4.78, 5) is 141. The van der Waals surface area contributed by atoms with Crippen molar-refractivity contribution in [1.82, 2.24) is 42.8 Å². The molecule has 704 valence electrons. The van der Waals surface area contributed by atoms with Crippen LogP contribution < -0.4 is 59.0 Å². The Morgan fingerprint density at radius 2 is 0.809 bits per heavy atom. The van der Waals surface area contributed by atoms with Crippen molar-refractivity contribution >= 4 is 42.7 Å². The van der Waals surface area contributed by atoms with Gasteiger partial charge in [0.05, 0.1) is 105 Å². The second-order valence-corrected chi connectivity index (χ2v) is 34.7. The number of H-pyrrole nitrogens is 4. The molecule has 5 aromatic heterocycles. The molecule has 3 unspecified atom stereocenters. The molecule has 12 rings (SSSR count). The Kier molecular flexibility index (Phi) is 34.1. The van der Waals surface area contributed by atoms with E-state index in [2.05, 4.69) is 19.9 Å². The average Bonchev–Trinajstić information content (AvgIpc) is 1.33. The van der Waals surface area contributed by atoms with Gasteiger partial charge in [0, 0.05) is 72.7 Å². The van der Waals surface area contributed by atoms with Crippen molar-refractivity contribution in [3.05, 3.63) is 245 Å². The Hall–Kier alpha value is -11.5. The molecule has 4 saturated heterocycles. The number of carbonyl (C=O) groups excluding carboxylic acids is 2. The lowest BCUT2D eigenvalue weighted by atomic mass is 9.80. The lowest BCUT2D eigenvalue weighted by Crippen LogP contribution is -2.38. The molecule has 0 amide bonds. The molecule has 52 heteroatoms. The third-order valence-electron chi connectivity index (χ3n) is 20.6. The van der Waals surface area contributed by atoms with Crippen molar-refractivity contribution in [2.45, 2.75) is 165 Å². The second kappa shape index (κ2) is 44.6. The van der Waals surface area contributed by atoms with Gasteiger partial charge in [0.15, 0.2) is 0 Å². The molecule has 8 aromatic rings. The molecule has 0 aliphatic carbocycles. The van der Waals surface area contributed by atoms with Gasteiger partial charge in [-0.25, -0.2) is 42.0 Å². The number of halogens is 4. The van der Waals surface area contributed by atoms with Gasteiger partial charge in [-0.2, -0.15) is 15.8 Å². The summed E-state index contributed by atoms with van der Waals surface area (Å²) in [7, 11) is -17.1. The van der Waals surface area contributed by atoms with E-state index in [1.54, 1.807) is 95.6 Å². The van der Waals surface area contributed by atoms with Crippen LogP contribution in [0.1, 0.15) is 115 Å². The summed E-state index contributed by atoms with van der Waals surface area (Å²) < 4.78 is 203. The first-order valence-electron chi connectivity index (χ1n) is 40.3. The summed E-state index contributed by atoms with van der Waals surface area (Å²) in [6.07, 6.45) is -12.5. The molecule has 4 aliphatic rings. The van der Waals surface area contributed by atoms with Crippen LogP contribution in [0.4, 0.5) is 17.3 Å². The van der Waals surface area contributed by atoms with E-state index in [9.17, 15) is 81.0 Å². The molecule has 15 atom stereocenters. The number of nitriles is 3. The van der Waals surface area contributed by atoms with Crippen LogP contribution in [0.2, 0.25) is 0 Å². The van der Waals surface area contributed by atoms with Gasteiger partial charge < -0.3 is 59.9 Å². The molecule has 131 heavy (non-hydrogen) atoms. The number of benzene rings is 3. The normalized spacial score (nSPS) is 22.1. The molecule has 4 fully saturated rings. The topological polar surface area (TPSA) is 551 Å². The van der Waals surface area contributed by atoms with E-state index < -0.39 is 252 Å².